The van der Waals surface area contributed by atoms with Crippen molar-refractivity contribution in [1.29, 1.82) is 0 Å². The van der Waals surface area contributed by atoms with Crippen molar-refractivity contribution < 1.29 is 42.9 Å². The van der Waals surface area contributed by atoms with Crippen LogP contribution >= 0.6 is 22.6 Å². The van der Waals surface area contributed by atoms with Gasteiger partial charge in [-0.1, -0.05) is 69.7 Å². The molecule has 1 saturated heterocycles. The first-order valence-corrected chi connectivity index (χ1v) is 20.5. The van der Waals surface area contributed by atoms with Gasteiger partial charge in [0.05, 0.1) is 24.7 Å². The zero-order valence-corrected chi connectivity index (χ0v) is 34.8. The highest BCUT2D eigenvalue weighted by Crippen LogP contribution is 2.75. The van der Waals surface area contributed by atoms with Crippen LogP contribution in [-0.2, 0) is 42.9 Å². The molecule has 0 unspecified atom stereocenters. The Kier molecular flexibility index (Phi) is 10.0. The van der Waals surface area contributed by atoms with E-state index in [0.717, 1.165) is 57.8 Å². The third-order valence-electron chi connectivity index (χ3n) is 15.8. The monoisotopic (exact) mass is 824 g/mol. The van der Waals surface area contributed by atoms with Gasteiger partial charge in [0, 0.05) is 19.8 Å². The standard InChI is InChI=1S/C41H61IO9/c1-22-31(49-23(2)43)32(50-24(3)44)30(42)34(48-22)51-29-13-14-39(8)28(36(29,4)5)12-15-41(10)33(39)27(45)20-25-26-21-38(7,35(46)47-11)17-16-37(26,6)18-19-40(25,41)9/h20,22,26,28-34H,12-19,21H2,1-11H3/t22-,26+,28-,29-,30+,31-,32-,33+,34-,37+,38-,39-,40+,41+/m0/s1. The molecule has 286 valence electrons. The number of ether oxygens (including phenoxy) is 5. The van der Waals surface area contributed by atoms with E-state index in [1.165, 1.54) is 26.5 Å². The molecule has 0 amide bonds. The van der Waals surface area contributed by atoms with Gasteiger partial charge in [-0.15, -0.1) is 0 Å². The number of hydrogen-bond donors (Lipinski definition) is 0. The third-order valence-corrected chi connectivity index (χ3v) is 17.1. The predicted molar refractivity (Wildman–Crippen MR) is 200 cm³/mol. The van der Waals surface area contributed by atoms with E-state index in [0.29, 0.717) is 0 Å². The van der Waals surface area contributed by atoms with Crippen LogP contribution in [0.2, 0.25) is 0 Å². The second-order valence-corrected chi connectivity index (χ2v) is 20.5. The Labute approximate surface area is 318 Å². The summed E-state index contributed by atoms with van der Waals surface area (Å²) in [7, 11) is 1.49. The Morgan fingerprint density at radius 3 is 2.12 bits per heavy atom. The van der Waals surface area contributed by atoms with E-state index >= 15 is 0 Å². The molecule has 4 saturated carbocycles. The van der Waals surface area contributed by atoms with E-state index < -0.39 is 45.9 Å². The van der Waals surface area contributed by atoms with Crippen LogP contribution in [0.1, 0.15) is 127 Å². The van der Waals surface area contributed by atoms with E-state index in [9.17, 15) is 19.2 Å². The van der Waals surface area contributed by atoms with Crippen LogP contribution < -0.4 is 0 Å². The maximum atomic E-state index is 14.8. The zero-order chi connectivity index (χ0) is 37.7. The van der Waals surface area contributed by atoms with Gasteiger partial charge in [0.15, 0.2) is 24.3 Å². The number of hydrogen-bond acceptors (Lipinski definition) is 9. The van der Waals surface area contributed by atoms with Gasteiger partial charge in [-0.3, -0.25) is 19.2 Å². The third kappa shape index (κ3) is 5.96. The normalized spacial score (nSPS) is 48.8. The second-order valence-electron chi connectivity index (χ2n) is 19.0. The van der Waals surface area contributed by atoms with Crippen LogP contribution in [0.5, 0.6) is 0 Å². The van der Waals surface area contributed by atoms with Crippen molar-refractivity contribution in [1.82, 2.24) is 0 Å². The maximum Gasteiger partial charge on any atom is 0.311 e. The number of methoxy groups -OCH3 is 1. The smallest absolute Gasteiger partial charge is 0.311 e. The van der Waals surface area contributed by atoms with Gasteiger partial charge < -0.3 is 23.7 Å². The molecule has 0 aromatic rings. The van der Waals surface area contributed by atoms with Gasteiger partial charge >= 0.3 is 17.9 Å². The number of fused-ring (bicyclic) bond motifs is 7. The lowest BCUT2D eigenvalue weighted by Crippen LogP contribution is -2.67. The van der Waals surface area contributed by atoms with Gasteiger partial charge in [0.25, 0.3) is 0 Å². The summed E-state index contributed by atoms with van der Waals surface area (Å²) in [6.07, 6.45) is 7.54. The number of allylic oxidation sites excluding steroid dienone is 2. The molecule has 0 aromatic heterocycles. The molecule has 10 heteroatoms. The minimum absolute atomic E-state index is 0.0722. The molecule has 5 aliphatic carbocycles. The molecule has 0 aromatic carbocycles. The zero-order valence-electron chi connectivity index (χ0n) is 32.7. The van der Waals surface area contributed by atoms with Gasteiger partial charge in [0.1, 0.15) is 3.92 Å². The van der Waals surface area contributed by atoms with Gasteiger partial charge in [0.2, 0.25) is 0 Å². The number of halogens is 1. The van der Waals surface area contributed by atoms with E-state index in [4.69, 9.17) is 23.7 Å². The van der Waals surface area contributed by atoms with Crippen molar-refractivity contribution in [3.05, 3.63) is 11.6 Å². The number of carbonyl (C=O) groups excluding carboxylic acids is 4. The van der Waals surface area contributed by atoms with Crippen LogP contribution in [0, 0.1) is 50.2 Å². The molecule has 6 aliphatic rings. The van der Waals surface area contributed by atoms with Gasteiger partial charge in [-0.2, -0.15) is 0 Å². The van der Waals surface area contributed by atoms with E-state index in [1.807, 2.05) is 6.92 Å². The minimum atomic E-state index is -0.732. The Bertz CT molecular complexity index is 1490. The Morgan fingerprint density at radius 1 is 0.863 bits per heavy atom. The number of ketones is 1. The minimum Gasteiger partial charge on any atom is -0.469 e. The van der Waals surface area contributed by atoms with Crippen molar-refractivity contribution >= 4 is 46.3 Å². The average molecular weight is 825 g/mol. The molecule has 5 fully saturated rings. The second kappa shape index (κ2) is 13.1. The molecule has 0 spiro atoms. The topological polar surface area (TPSA) is 114 Å². The number of esters is 3. The van der Waals surface area contributed by atoms with E-state index in [2.05, 4.69) is 77.1 Å². The largest absolute Gasteiger partial charge is 0.469 e. The molecule has 0 N–H and O–H groups in total. The highest BCUT2D eigenvalue weighted by molar-refractivity contribution is 14.1. The first-order valence-electron chi connectivity index (χ1n) is 19.2. The van der Waals surface area contributed by atoms with Crippen molar-refractivity contribution in [2.45, 2.75) is 162 Å². The molecule has 1 heterocycles. The Morgan fingerprint density at radius 2 is 1.49 bits per heavy atom. The molecular formula is C41H61IO9. The summed E-state index contributed by atoms with van der Waals surface area (Å²) in [5.41, 5.74) is -0.0220. The van der Waals surface area contributed by atoms with Crippen LogP contribution in [0.3, 0.4) is 0 Å². The van der Waals surface area contributed by atoms with Crippen LogP contribution in [-0.4, -0.2) is 65.4 Å². The fraction of sp³-hybridized carbons (Fsp3) is 0.854. The fourth-order valence-electron chi connectivity index (χ4n) is 12.7. The number of carbonyl (C=O) groups is 4. The number of alkyl halides is 1. The average Bonchev–Trinajstić information content (AvgIpc) is 3.03. The summed E-state index contributed by atoms with van der Waals surface area (Å²) in [6.45, 7) is 20.8. The van der Waals surface area contributed by atoms with Crippen molar-refractivity contribution in [2.24, 2.45) is 50.2 Å². The lowest BCUT2D eigenvalue weighted by molar-refractivity contribution is -0.287. The number of rotatable bonds is 5. The summed E-state index contributed by atoms with van der Waals surface area (Å²) >= 11 is 2.21. The summed E-state index contributed by atoms with van der Waals surface area (Å²) in [5, 5.41) is 0. The highest BCUT2D eigenvalue weighted by atomic mass is 127. The molecule has 51 heavy (non-hydrogen) atoms. The van der Waals surface area contributed by atoms with E-state index in [1.54, 1.807) is 0 Å². The summed E-state index contributed by atoms with van der Waals surface area (Å²) in [6, 6.07) is 0. The Balaban J connectivity index is 1.28. The van der Waals surface area contributed by atoms with Crippen molar-refractivity contribution in [3.8, 4) is 0 Å². The quantitative estimate of drug-likeness (QED) is 0.0897. The van der Waals surface area contributed by atoms with Gasteiger partial charge in [-0.25, -0.2) is 0 Å². The molecule has 0 bridgehead atoms. The SMILES string of the molecule is COC(=O)[C@@]1(C)CC[C@]2(C)CC[C@]3(C)C(=CC(=O)[C@@H]4[C@@]5(C)CC[C@H](O[C@@H]6O[C@@H](C)[C@H](OC(C)=O)[C@@H](OC(C)=O)[C@H]6I)C(C)(C)[C@@H]5CC[C@]43C)[C@H]2C1. The van der Waals surface area contributed by atoms with Gasteiger partial charge in [-0.05, 0) is 117 Å². The molecule has 9 nitrogen and oxygen atoms in total. The summed E-state index contributed by atoms with van der Waals surface area (Å²) in [5.74, 6) is -0.470. The lowest BCUT2D eigenvalue weighted by atomic mass is 9.33. The van der Waals surface area contributed by atoms with E-state index in [-0.39, 0.29) is 62.7 Å². The molecular weight excluding hydrogens is 763 g/mol. The maximum absolute atomic E-state index is 14.8. The predicted octanol–water partition coefficient (Wildman–Crippen LogP) is 7.94. The summed E-state index contributed by atoms with van der Waals surface area (Å²) in [4.78, 5) is 52.0. The van der Waals surface area contributed by atoms with Crippen LogP contribution in [0.4, 0.5) is 0 Å². The van der Waals surface area contributed by atoms with Crippen molar-refractivity contribution in [3.63, 3.8) is 0 Å². The lowest BCUT2D eigenvalue weighted by Gasteiger charge is -2.70. The molecule has 6 rings (SSSR count). The summed E-state index contributed by atoms with van der Waals surface area (Å²) < 4.78 is 29.5. The van der Waals surface area contributed by atoms with Crippen LogP contribution in [0.25, 0.3) is 0 Å². The first kappa shape index (κ1) is 39.2. The molecule has 1 aliphatic heterocycles. The highest BCUT2D eigenvalue weighted by Gasteiger charge is 2.70. The molecule has 14 atom stereocenters. The molecule has 0 radical (unpaired) electrons. The van der Waals surface area contributed by atoms with Crippen LogP contribution in [0.15, 0.2) is 11.6 Å². The fourth-order valence-corrected chi connectivity index (χ4v) is 13.6. The Hall–Kier alpha value is -1.53. The van der Waals surface area contributed by atoms with Crippen molar-refractivity contribution in [2.75, 3.05) is 7.11 Å². The first-order chi connectivity index (χ1) is 23.6.